The van der Waals surface area contributed by atoms with E-state index in [0.29, 0.717) is 29.3 Å². The van der Waals surface area contributed by atoms with Gasteiger partial charge in [-0.3, -0.25) is 4.79 Å². The zero-order chi connectivity index (χ0) is 21.3. The number of nitrogens with zero attached hydrogens (tertiary/aromatic N) is 5. The molecule has 2 N–H and O–H groups in total. The summed E-state index contributed by atoms with van der Waals surface area (Å²) in [6, 6.07) is 8.91. The van der Waals surface area contributed by atoms with Crippen LogP contribution in [0.3, 0.4) is 0 Å². The molecule has 1 unspecified atom stereocenters. The summed E-state index contributed by atoms with van der Waals surface area (Å²) in [5.74, 6) is 1.25. The summed E-state index contributed by atoms with van der Waals surface area (Å²) in [7, 11) is 2.07. The monoisotopic (exact) mass is 408 g/mol. The maximum atomic E-state index is 12.9. The number of benzene rings is 1. The quantitative estimate of drug-likeness (QED) is 0.666. The lowest BCUT2D eigenvalue weighted by Gasteiger charge is -2.36. The highest BCUT2D eigenvalue weighted by Crippen LogP contribution is 2.23. The molecule has 1 saturated heterocycles. The van der Waals surface area contributed by atoms with Crippen molar-refractivity contribution in [2.75, 3.05) is 32.0 Å². The molecule has 3 heterocycles. The number of fused-ring (bicyclic) bond motifs is 1. The second kappa shape index (κ2) is 8.12. The zero-order valence-electron chi connectivity index (χ0n) is 17.7. The van der Waals surface area contributed by atoms with E-state index in [1.54, 1.807) is 6.20 Å². The SMILES string of the molecule is Cc1nc(NCC2(O)CCN(C)CC2)cc(C(C)n2ncc3ccccc3c2=O)n1. The average Bonchev–Trinajstić information content (AvgIpc) is 2.74. The van der Waals surface area contributed by atoms with Gasteiger partial charge in [0.15, 0.2) is 0 Å². The molecule has 0 aliphatic carbocycles. The van der Waals surface area contributed by atoms with E-state index >= 15 is 0 Å². The molecule has 0 amide bonds. The molecule has 8 nitrogen and oxygen atoms in total. The Morgan fingerprint density at radius 1 is 1.23 bits per heavy atom. The number of aromatic nitrogens is 4. The van der Waals surface area contributed by atoms with Crippen molar-refractivity contribution >= 4 is 16.6 Å². The van der Waals surface area contributed by atoms with Crippen LogP contribution >= 0.6 is 0 Å². The molecule has 1 aliphatic rings. The molecule has 0 bridgehead atoms. The second-order valence-electron chi connectivity index (χ2n) is 8.26. The lowest BCUT2D eigenvalue weighted by atomic mass is 9.91. The summed E-state index contributed by atoms with van der Waals surface area (Å²) in [5.41, 5.74) is -0.189. The molecule has 1 aliphatic heterocycles. The Morgan fingerprint density at radius 3 is 2.73 bits per heavy atom. The molecule has 3 aromatic rings. The smallest absolute Gasteiger partial charge is 0.275 e. The van der Waals surface area contributed by atoms with Crippen molar-refractivity contribution in [2.24, 2.45) is 0 Å². The van der Waals surface area contributed by atoms with Gasteiger partial charge >= 0.3 is 0 Å². The van der Waals surface area contributed by atoms with Crippen LogP contribution in [0.5, 0.6) is 0 Å². The standard InChI is InChI=1S/C22H28N6O2/c1-15(28-21(29)18-7-5-4-6-17(18)13-24-28)19-12-20(26-16(2)25-19)23-14-22(30)8-10-27(3)11-9-22/h4-7,12-13,15,30H,8-11,14H2,1-3H3,(H,23,25,26). The van der Waals surface area contributed by atoms with Gasteiger partial charge < -0.3 is 15.3 Å². The fourth-order valence-corrected chi connectivity index (χ4v) is 3.87. The number of aliphatic hydroxyl groups is 1. The molecule has 30 heavy (non-hydrogen) atoms. The van der Waals surface area contributed by atoms with Crippen molar-refractivity contribution in [1.29, 1.82) is 0 Å². The normalized spacial score (nSPS) is 17.7. The van der Waals surface area contributed by atoms with Crippen molar-refractivity contribution in [3.63, 3.8) is 0 Å². The molecular formula is C22H28N6O2. The summed E-state index contributed by atoms with van der Waals surface area (Å²) in [6.07, 6.45) is 3.15. The largest absolute Gasteiger partial charge is 0.388 e. The Bertz CT molecular complexity index is 1100. The second-order valence-corrected chi connectivity index (χ2v) is 8.26. The number of rotatable bonds is 5. The first-order chi connectivity index (χ1) is 14.3. The molecule has 1 aromatic carbocycles. The predicted molar refractivity (Wildman–Crippen MR) is 117 cm³/mol. The first-order valence-electron chi connectivity index (χ1n) is 10.3. The van der Waals surface area contributed by atoms with E-state index in [2.05, 4.69) is 32.3 Å². The van der Waals surface area contributed by atoms with E-state index in [4.69, 9.17) is 0 Å². The van der Waals surface area contributed by atoms with Crippen LogP contribution in [-0.4, -0.2) is 62.0 Å². The lowest BCUT2D eigenvalue weighted by Crippen LogP contribution is -2.47. The van der Waals surface area contributed by atoms with Crippen LogP contribution in [0.2, 0.25) is 0 Å². The third kappa shape index (κ3) is 4.20. The van der Waals surface area contributed by atoms with Crippen LogP contribution in [0.25, 0.3) is 10.8 Å². The summed E-state index contributed by atoms with van der Waals surface area (Å²) < 4.78 is 1.46. The van der Waals surface area contributed by atoms with E-state index in [1.165, 1.54) is 4.68 Å². The van der Waals surface area contributed by atoms with Crippen molar-refractivity contribution in [2.45, 2.75) is 38.3 Å². The van der Waals surface area contributed by atoms with E-state index in [1.807, 2.05) is 44.2 Å². The van der Waals surface area contributed by atoms with Gasteiger partial charge in [-0.2, -0.15) is 5.10 Å². The van der Waals surface area contributed by atoms with Gasteiger partial charge in [0.25, 0.3) is 5.56 Å². The Kier molecular flexibility index (Phi) is 5.53. The predicted octanol–water partition coefficient (Wildman–Crippen LogP) is 1.97. The fraction of sp³-hybridized carbons (Fsp3) is 0.455. The minimum absolute atomic E-state index is 0.146. The molecule has 2 aromatic heterocycles. The van der Waals surface area contributed by atoms with Gasteiger partial charge in [-0.25, -0.2) is 14.6 Å². The summed E-state index contributed by atoms with van der Waals surface area (Å²) in [6.45, 7) is 5.90. The third-order valence-electron chi connectivity index (χ3n) is 5.89. The summed E-state index contributed by atoms with van der Waals surface area (Å²) in [4.78, 5) is 24.1. The molecule has 4 rings (SSSR count). The summed E-state index contributed by atoms with van der Waals surface area (Å²) >= 11 is 0. The molecule has 0 radical (unpaired) electrons. The first kappa shape index (κ1) is 20.4. The Morgan fingerprint density at radius 2 is 1.97 bits per heavy atom. The van der Waals surface area contributed by atoms with Crippen molar-refractivity contribution in [1.82, 2.24) is 24.6 Å². The zero-order valence-corrected chi connectivity index (χ0v) is 17.7. The van der Waals surface area contributed by atoms with Gasteiger partial charge in [0, 0.05) is 31.1 Å². The molecule has 1 fully saturated rings. The summed E-state index contributed by atoms with van der Waals surface area (Å²) in [5, 5.41) is 19.9. The number of anilines is 1. The van der Waals surface area contributed by atoms with E-state index < -0.39 is 5.60 Å². The highest BCUT2D eigenvalue weighted by Gasteiger charge is 2.31. The van der Waals surface area contributed by atoms with Crippen LogP contribution < -0.4 is 10.9 Å². The van der Waals surface area contributed by atoms with Gasteiger partial charge in [0.05, 0.1) is 28.9 Å². The number of likely N-dealkylation sites (tertiary alicyclic amines) is 1. The number of hydrogen-bond acceptors (Lipinski definition) is 7. The number of aryl methyl sites for hydroxylation is 1. The van der Waals surface area contributed by atoms with Gasteiger partial charge in [0.1, 0.15) is 11.6 Å². The van der Waals surface area contributed by atoms with E-state index in [0.717, 1.165) is 31.3 Å². The topological polar surface area (TPSA) is 96.2 Å². The highest BCUT2D eigenvalue weighted by molar-refractivity contribution is 5.80. The number of nitrogens with one attached hydrogen (secondary N) is 1. The van der Waals surface area contributed by atoms with Gasteiger partial charge in [-0.05, 0) is 39.8 Å². The molecular weight excluding hydrogens is 380 g/mol. The maximum absolute atomic E-state index is 12.9. The van der Waals surface area contributed by atoms with Gasteiger partial charge in [0.2, 0.25) is 0 Å². The highest BCUT2D eigenvalue weighted by atomic mass is 16.3. The van der Waals surface area contributed by atoms with Crippen molar-refractivity contribution < 1.29 is 5.11 Å². The van der Waals surface area contributed by atoms with Crippen LogP contribution in [-0.2, 0) is 0 Å². The number of hydrogen-bond donors (Lipinski definition) is 2. The minimum atomic E-state index is -0.742. The number of piperidine rings is 1. The Balaban J connectivity index is 1.57. The van der Waals surface area contributed by atoms with Crippen LogP contribution in [0.15, 0.2) is 41.3 Å². The minimum Gasteiger partial charge on any atom is -0.388 e. The molecule has 0 spiro atoms. The first-order valence-corrected chi connectivity index (χ1v) is 10.3. The van der Waals surface area contributed by atoms with E-state index in [9.17, 15) is 9.90 Å². The Hall–Kier alpha value is -2.84. The lowest BCUT2D eigenvalue weighted by molar-refractivity contribution is -0.00409. The van der Waals surface area contributed by atoms with Crippen LogP contribution in [0, 0.1) is 6.92 Å². The van der Waals surface area contributed by atoms with Crippen LogP contribution in [0.1, 0.15) is 37.3 Å². The molecule has 8 heteroatoms. The Labute approximate surface area is 175 Å². The van der Waals surface area contributed by atoms with Gasteiger partial charge in [-0.15, -0.1) is 0 Å². The van der Waals surface area contributed by atoms with Crippen molar-refractivity contribution in [3.8, 4) is 0 Å². The fourth-order valence-electron chi connectivity index (χ4n) is 3.87. The van der Waals surface area contributed by atoms with Gasteiger partial charge in [-0.1, -0.05) is 18.2 Å². The maximum Gasteiger partial charge on any atom is 0.275 e. The average molecular weight is 409 g/mol. The molecule has 158 valence electrons. The molecule has 1 atom stereocenters. The van der Waals surface area contributed by atoms with Crippen molar-refractivity contribution in [3.05, 3.63) is 58.4 Å². The third-order valence-corrected chi connectivity index (χ3v) is 5.89. The molecule has 0 saturated carbocycles. The van der Waals surface area contributed by atoms with E-state index in [-0.39, 0.29) is 11.6 Å². The van der Waals surface area contributed by atoms with Crippen LogP contribution in [0.4, 0.5) is 5.82 Å².